The highest BCUT2D eigenvalue weighted by atomic mass is 79.9. The summed E-state index contributed by atoms with van der Waals surface area (Å²) in [6.45, 7) is 0. The topological polar surface area (TPSA) is 0 Å². The Labute approximate surface area is 142 Å². The Bertz CT molecular complexity index is 970. The van der Waals surface area contributed by atoms with Crippen molar-refractivity contribution in [3.05, 3.63) is 83.3 Å². The third kappa shape index (κ3) is 2.43. The van der Waals surface area contributed by atoms with Crippen molar-refractivity contribution in [3.63, 3.8) is 0 Å². The van der Waals surface area contributed by atoms with E-state index in [0.717, 1.165) is 4.47 Å². The number of fused-ring (bicyclic) bond motifs is 2. The lowest BCUT2D eigenvalue weighted by Crippen LogP contribution is -1.81. The van der Waals surface area contributed by atoms with Crippen LogP contribution in [0, 0.1) is 0 Å². The third-order valence-corrected chi connectivity index (χ3v) is 5.64. The molecule has 0 spiro atoms. The minimum atomic E-state index is 1.14. The molecule has 0 N–H and O–H groups in total. The number of rotatable bonds is 2. The predicted molar refractivity (Wildman–Crippen MR) is 99.7 cm³/mol. The van der Waals surface area contributed by atoms with Gasteiger partial charge in [0.2, 0.25) is 0 Å². The first-order valence-electron chi connectivity index (χ1n) is 7.16. The lowest BCUT2D eigenvalue weighted by atomic mass is 10.1. The Morgan fingerprint density at radius 2 is 1.18 bits per heavy atom. The first-order chi connectivity index (χ1) is 10.8. The Kier molecular flexibility index (Phi) is 3.65. The maximum Gasteiger partial charge on any atom is 0.0254 e. The Hall–Kier alpha value is -1.77. The molecule has 0 aliphatic carbocycles. The summed E-state index contributed by atoms with van der Waals surface area (Å²) in [6.07, 6.45) is 0. The van der Waals surface area contributed by atoms with Crippen molar-refractivity contribution in [2.45, 2.75) is 9.79 Å². The highest BCUT2D eigenvalue weighted by Gasteiger charge is 2.07. The third-order valence-electron chi connectivity index (χ3n) is 3.80. The summed E-state index contributed by atoms with van der Waals surface area (Å²) < 4.78 is 1.14. The van der Waals surface area contributed by atoms with Crippen LogP contribution in [0.4, 0.5) is 0 Å². The van der Waals surface area contributed by atoms with E-state index in [1.807, 2.05) is 11.8 Å². The average Bonchev–Trinajstić information content (AvgIpc) is 2.58. The number of hydrogen-bond donors (Lipinski definition) is 0. The van der Waals surface area contributed by atoms with Crippen molar-refractivity contribution < 1.29 is 0 Å². The molecule has 4 aromatic carbocycles. The molecule has 0 aliphatic heterocycles. The lowest BCUT2D eigenvalue weighted by molar-refractivity contribution is 1.48. The summed E-state index contributed by atoms with van der Waals surface area (Å²) in [5.74, 6) is 0. The summed E-state index contributed by atoms with van der Waals surface area (Å²) in [7, 11) is 0. The van der Waals surface area contributed by atoms with Gasteiger partial charge in [0.05, 0.1) is 0 Å². The van der Waals surface area contributed by atoms with Crippen molar-refractivity contribution in [2.24, 2.45) is 0 Å². The van der Waals surface area contributed by atoms with E-state index in [1.165, 1.54) is 31.3 Å². The van der Waals surface area contributed by atoms with Gasteiger partial charge in [0.25, 0.3) is 0 Å². The van der Waals surface area contributed by atoms with Gasteiger partial charge in [0, 0.05) is 14.3 Å². The van der Waals surface area contributed by atoms with Gasteiger partial charge in [-0.1, -0.05) is 88.4 Å². The molecule has 0 aliphatic rings. The highest BCUT2D eigenvalue weighted by Crippen LogP contribution is 2.39. The van der Waals surface area contributed by atoms with E-state index in [4.69, 9.17) is 0 Å². The van der Waals surface area contributed by atoms with E-state index in [0.29, 0.717) is 0 Å². The van der Waals surface area contributed by atoms with Gasteiger partial charge in [-0.2, -0.15) is 0 Å². The van der Waals surface area contributed by atoms with E-state index in [2.05, 4.69) is 94.8 Å². The summed E-state index contributed by atoms with van der Waals surface area (Å²) in [4.78, 5) is 2.58. The van der Waals surface area contributed by atoms with Crippen LogP contribution < -0.4 is 0 Å². The van der Waals surface area contributed by atoms with Crippen LogP contribution in [0.2, 0.25) is 0 Å². The Morgan fingerprint density at radius 1 is 0.545 bits per heavy atom. The largest absolute Gasteiger partial charge is 0.0888 e. The molecule has 0 heterocycles. The standard InChI is InChI=1S/C20H13BrS/c21-18-12-13-20(17-10-4-3-9-16(17)18)22-19-11-5-7-14-6-1-2-8-15(14)19/h1-13H. The number of hydrogen-bond acceptors (Lipinski definition) is 1. The zero-order chi connectivity index (χ0) is 14.9. The van der Waals surface area contributed by atoms with Gasteiger partial charge < -0.3 is 0 Å². The normalized spacial score (nSPS) is 11.1. The number of benzene rings is 4. The fourth-order valence-electron chi connectivity index (χ4n) is 2.73. The molecular formula is C20H13BrS. The molecule has 0 atom stereocenters. The molecule has 0 radical (unpaired) electrons. The van der Waals surface area contributed by atoms with Gasteiger partial charge >= 0.3 is 0 Å². The monoisotopic (exact) mass is 364 g/mol. The minimum Gasteiger partial charge on any atom is -0.0888 e. The van der Waals surface area contributed by atoms with E-state index in [1.54, 1.807) is 0 Å². The molecule has 0 amide bonds. The van der Waals surface area contributed by atoms with E-state index < -0.39 is 0 Å². The quantitative estimate of drug-likeness (QED) is 0.372. The smallest absolute Gasteiger partial charge is 0.0254 e. The summed E-state index contributed by atoms with van der Waals surface area (Å²) in [5, 5.41) is 5.14. The molecule has 4 rings (SSSR count). The lowest BCUT2D eigenvalue weighted by Gasteiger charge is -2.10. The first-order valence-corrected chi connectivity index (χ1v) is 8.77. The van der Waals surface area contributed by atoms with Gasteiger partial charge in [-0.3, -0.25) is 0 Å². The number of halogens is 1. The zero-order valence-corrected chi connectivity index (χ0v) is 14.2. The molecule has 0 saturated carbocycles. The molecule has 0 aromatic heterocycles. The van der Waals surface area contributed by atoms with Crippen LogP contribution in [-0.2, 0) is 0 Å². The molecule has 106 valence electrons. The molecule has 0 bridgehead atoms. The van der Waals surface area contributed by atoms with Crippen molar-refractivity contribution in [2.75, 3.05) is 0 Å². The second-order valence-corrected chi connectivity index (χ2v) is 7.11. The van der Waals surface area contributed by atoms with Crippen LogP contribution in [0.1, 0.15) is 0 Å². The fourth-order valence-corrected chi connectivity index (χ4v) is 4.31. The maximum absolute atomic E-state index is 3.65. The van der Waals surface area contributed by atoms with Crippen molar-refractivity contribution >= 4 is 49.2 Å². The van der Waals surface area contributed by atoms with Gasteiger partial charge in [-0.15, -0.1) is 0 Å². The van der Waals surface area contributed by atoms with Crippen molar-refractivity contribution in [3.8, 4) is 0 Å². The Balaban J connectivity index is 1.88. The molecular weight excluding hydrogens is 352 g/mol. The van der Waals surface area contributed by atoms with Crippen LogP contribution in [0.25, 0.3) is 21.5 Å². The molecule has 0 nitrogen and oxygen atoms in total. The second kappa shape index (κ2) is 5.79. The van der Waals surface area contributed by atoms with Crippen LogP contribution in [0.15, 0.2) is 93.1 Å². The van der Waals surface area contributed by atoms with Gasteiger partial charge in [-0.05, 0) is 39.7 Å². The predicted octanol–water partition coefficient (Wildman–Crippen LogP) is 6.91. The average molecular weight is 365 g/mol. The molecule has 0 unspecified atom stereocenters. The SMILES string of the molecule is Brc1ccc(Sc2cccc3ccccc23)c2ccccc12. The second-order valence-electron chi connectivity index (χ2n) is 5.17. The first kappa shape index (κ1) is 13.9. The molecule has 2 heteroatoms. The summed E-state index contributed by atoms with van der Waals surface area (Å²) >= 11 is 5.48. The van der Waals surface area contributed by atoms with E-state index in [9.17, 15) is 0 Å². The molecule has 22 heavy (non-hydrogen) atoms. The van der Waals surface area contributed by atoms with Gasteiger partial charge in [0.15, 0.2) is 0 Å². The molecule has 0 fully saturated rings. The zero-order valence-electron chi connectivity index (χ0n) is 11.8. The van der Waals surface area contributed by atoms with Crippen LogP contribution in [-0.4, -0.2) is 0 Å². The van der Waals surface area contributed by atoms with Crippen LogP contribution in [0.5, 0.6) is 0 Å². The summed E-state index contributed by atoms with van der Waals surface area (Å²) in [5.41, 5.74) is 0. The van der Waals surface area contributed by atoms with Gasteiger partial charge in [-0.25, -0.2) is 0 Å². The molecule has 4 aromatic rings. The maximum atomic E-state index is 3.65. The fraction of sp³-hybridized carbons (Fsp3) is 0. The minimum absolute atomic E-state index is 1.14. The van der Waals surface area contributed by atoms with Gasteiger partial charge in [0.1, 0.15) is 0 Å². The highest BCUT2D eigenvalue weighted by molar-refractivity contribution is 9.10. The molecule has 0 saturated heterocycles. The summed E-state index contributed by atoms with van der Waals surface area (Å²) in [6, 6.07) is 27.9. The van der Waals surface area contributed by atoms with Crippen LogP contribution >= 0.6 is 27.7 Å². The van der Waals surface area contributed by atoms with E-state index in [-0.39, 0.29) is 0 Å². The Morgan fingerprint density at radius 3 is 2.05 bits per heavy atom. The van der Waals surface area contributed by atoms with Crippen molar-refractivity contribution in [1.82, 2.24) is 0 Å². The van der Waals surface area contributed by atoms with E-state index >= 15 is 0 Å². The van der Waals surface area contributed by atoms with Crippen LogP contribution in [0.3, 0.4) is 0 Å². The van der Waals surface area contributed by atoms with Crippen molar-refractivity contribution in [1.29, 1.82) is 0 Å².